The number of carbonyl (C=O) groups is 1. The van der Waals surface area contributed by atoms with E-state index in [1.54, 1.807) is 0 Å². The molecule has 0 aromatic heterocycles. The molecule has 0 bridgehead atoms. The second-order valence-electron chi connectivity index (χ2n) is 2.34. The van der Waals surface area contributed by atoms with E-state index in [1.807, 2.05) is 0 Å². The Bertz CT molecular complexity index is 338. The highest BCUT2D eigenvalue weighted by Crippen LogP contribution is 2.08. The van der Waals surface area contributed by atoms with Crippen molar-refractivity contribution in [3.63, 3.8) is 0 Å². The van der Waals surface area contributed by atoms with E-state index < -0.39 is 17.4 Å². The lowest BCUT2D eigenvalue weighted by atomic mass is 10.1. The van der Waals surface area contributed by atoms with Gasteiger partial charge in [-0.3, -0.25) is 4.79 Å². The molecule has 1 aromatic rings. The number of rotatable bonds is 2. The monoisotopic (exact) mass is 184 g/mol. The minimum absolute atomic E-state index is 0.136. The Morgan fingerprint density at radius 2 is 1.77 bits per heavy atom. The Morgan fingerprint density at radius 3 is 2.23 bits per heavy atom. The molecular weight excluding hydrogens is 178 g/mol. The van der Waals surface area contributed by atoms with Crippen LogP contribution in [0.15, 0.2) is 30.5 Å². The Balaban J connectivity index is 3.08. The van der Waals surface area contributed by atoms with E-state index in [0.717, 1.165) is 18.2 Å². The smallest absolute Gasteiger partial charge is 0.189 e. The summed E-state index contributed by atoms with van der Waals surface area (Å²) in [4.78, 5) is 11.0. The lowest BCUT2D eigenvalue weighted by molar-refractivity contribution is 0.104. The van der Waals surface area contributed by atoms with Gasteiger partial charge in [0.15, 0.2) is 5.78 Å². The van der Waals surface area contributed by atoms with Crippen LogP contribution in [0, 0.1) is 11.6 Å². The molecule has 0 saturated heterocycles. The van der Waals surface area contributed by atoms with Gasteiger partial charge in [-0.1, -0.05) is 0 Å². The number of halogens is 2. The molecule has 0 saturated carbocycles. The van der Waals surface area contributed by atoms with Gasteiger partial charge >= 0.3 is 0 Å². The van der Waals surface area contributed by atoms with Gasteiger partial charge in [0.25, 0.3) is 0 Å². The molecular formula is C9H6F2O2. The predicted molar refractivity (Wildman–Crippen MR) is 42.5 cm³/mol. The fourth-order valence-corrected chi connectivity index (χ4v) is 0.860. The molecule has 0 unspecified atom stereocenters. The van der Waals surface area contributed by atoms with Gasteiger partial charge in [0.2, 0.25) is 0 Å². The van der Waals surface area contributed by atoms with Gasteiger partial charge in [0.05, 0.1) is 6.26 Å². The van der Waals surface area contributed by atoms with Gasteiger partial charge in [0.1, 0.15) is 11.6 Å². The summed E-state index contributed by atoms with van der Waals surface area (Å²) in [7, 11) is 0. The average molecular weight is 184 g/mol. The van der Waals surface area contributed by atoms with Gasteiger partial charge in [0, 0.05) is 17.7 Å². The van der Waals surface area contributed by atoms with Crippen molar-refractivity contribution in [2.75, 3.05) is 0 Å². The van der Waals surface area contributed by atoms with Crippen molar-refractivity contribution in [2.45, 2.75) is 0 Å². The third-order valence-corrected chi connectivity index (χ3v) is 1.37. The summed E-state index contributed by atoms with van der Waals surface area (Å²) in [5.41, 5.74) is -0.136. The average Bonchev–Trinajstić information content (AvgIpc) is 2.03. The number of hydrogen-bond acceptors (Lipinski definition) is 2. The molecule has 0 aliphatic carbocycles. The first kappa shape index (κ1) is 9.38. The standard InChI is InChI=1S/C9H6F2O2/c10-7-3-6(4-8(11)5-7)9(13)1-2-12/h1-5,12H. The molecule has 13 heavy (non-hydrogen) atoms. The van der Waals surface area contributed by atoms with Crippen LogP contribution < -0.4 is 0 Å². The molecule has 1 N–H and O–H groups in total. The lowest BCUT2D eigenvalue weighted by Crippen LogP contribution is -1.96. The fourth-order valence-electron chi connectivity index (χ4n) is 0.860. The molecule has 68 valence electrons. The van der Waals surface area contributed by atoms with Crippen LogP contribution in [0.25, 0.3) is 0 Å². The summed E-state index contributed by atoms with van der Waals surface area (Å²) < 4.78 is 25.1. The molecule has 0 heterocycles. The quantitative estimate of drug-likeness (QED) is 0.434. The molecule has 0 aliphatic rings. The molecule has 0 radical (unpaired) electrons. The van der Waals surface area contributed by atoms with E-state index in [-0.39, 0.29) is 5.56 Å². The van der Waals surface area contributed by atoms with E-state index in [4.69, 9.17) is 5.11 Å². The second-order valence-corrected chi connectivity index (χ2v) is 2.34. The van der Waals surface area contributed by atoms with Crippen molar-refractivity contribution in [2.24, 2.45) is 0 Å². The highest BCUT2D eigenvalue weighted by Gasteiger charge is 2.05. The van der Waals surface area contributed by atoms with Crippen molar-refractivity contribution in [3.05, 3.63) is 47.7 Å². The number of carbonyl (C=O) groups excluding carboxylic acids is 1. The van der Waals surface area contributed by atoms with Crippen molar-refractivity contribution in [1.82, 2.24) is 0 Å². The zero-order valence-electron chi connectivity index (χ0n) is 6.50. The summed E-state index contributed by atoms with van der Waals surface area (Å²) in [6, 6.07) is 2.45. The maximum Gasteiger partial charge on any atom is 0.189 e. The zero-order valence-corrected chi connectivity index (χ0v) is 6.50. The van der Waals surface area contributed by atoms with Crippen LogP contribution in [0.1, 0.15) is 10.4 Å². The normalized spacial score (nSPS) is 10.6. The van der Waals surface area contributed by atoms with E-state index >= 15 is 0 Å². The van der Waals surface area contributed by atoms with Crippen LogP contribution in [-0.2, 0) is 0 Å². The van der Waals surface area contributed by atoms with Crippen LogP contribution in [0.4, 0.5) is 8.78 Å². The van der Waals surface area contributed by atoms with Crippen molar-refractivity contribution < 1.29 is 18.7 Å². The summed E-state index contributed by atoms with van der Waals surface area (Å²) >= 11 is 0. The topological polar surface area (TPSA) is 37.3 Å². The summed E-state index contributed by atoms with van der Waals surface area (Å²) in [6.45, 7) is 0. The molecule has 4 heteroatoms. The lowest BCUT2D eigenvalue weighted by Gasteiger charge is -1.96. The van der Waals surface area contributed by atoms with Gasteiger partial charge in [-0.25, -0.2) is 8.78 Å². The van der Waals surface area contributed by atoms with E-state index in [9.17, 15) is 13.6 Å². The molecule has 1 rings (SSSR count). The Kier molecular flexibility index (Phi) is 2.74. The summed E-state index contributed by atoms with van der Waals surface area (Å²) in [6.07, 6.45) is 1.33. The molecule has 0 fully saturated rings. The number of ketones is 1. The third kappa shape index (κ3) is 2.37. The maximum atomic E-state index is 12.5. The van der Waals surface area contributed by atoms with E-state index in [0.29, 0.717) is 12.3 Å². The third-order valence-electron chi connectivity index (χ3n) is 1.37. The molecule has 0 spiro atoms. The maximum absolute atomic E-state index is 12.5. The van der Waals surface area contributed by atoms with E-state index in [2.05, 4.69) is 0 Å². The van der Waals surface area contributed by atoms with Gasteiger partial charge in [-0.2, -0.15) is 0 Å². The number of allylic oxidation sites excluding steroid dienone is 1. The Hall–Kier alpha value is -1.71. The number of aliphatic hydroxyl groups is 1. The highest BCUT2D eigenvalue weighted by atomic mass is 19.1. The summed E-state index contributed by atoms with van der Waals surface area (Å²) in [5.74, 6) is -2.30. The first-order valence-corrected chi connectivity index (χ1v) is 3.44. The van der Waals surface area contributed by atoms with Gasteiger partial charge in [-0.15, -0.1) is 0 Å². The van der Waals surface area contributed by atoms with Crippen molar-refractivity contribution in [1.29, 1.82) is 0 Å². The molecule has 1 aromatic carbocycles. The molecule has 0 atom stereocenters. The Morgan fingerprint density at radius 1 is 1.23 bits per heavy atom. The Labute approximate surface area is 73.1 Å². The molecule has 0 amide bonds. The zero-order chi connectivity index (χ0) is 9.84. The number of aliphatic hydroxyl groups excluding tert-OH is 1. The van der Waals surface area contributed by atoms with Crippen molar-refractivity contribution in [3.8, 4) is 0 Å². The SMILES string of the molecule is O=C(C=CO)c1cc(F)cc(F)c1. The van der Waals surface area contributed by atoms with Crippen LogP contribution in [-0.4, -0.2) is 10.9 Å². The highest BCUT2D eigenvalue weighted by molar-refractivity contribution is 6.04. The summed E-state index contributed by atoms with van der Waals surface area (Å²) in [5, 5.41) is 8.25. The van der Waals surface area contributed by atoms with Crippen LogP contribution in [0.2, 0.25) is 0 Å². The predicted octanol–water partition coefficient (Wildman–Crippen LogP) is 2.22. The van der Waals surface area contributed by atoms with Gasteiger partial charge < -0.3 is 5.11 Å². The number of benzene rings is 1. The molecule has 2 nitrogen and oxygen atoms in total. The van der Waals surface area contributed by atoms with Crippen LogP contribution >= 0.6 is 0 Å². The number of hydrogen-bond donors (Lipinski definition) is 1. The fraction of sp³-hybridized carbons (Fsp3) is 0. The second kappa shape index (κ2) is 3.80. The van der Waals surface area contributed by atoms with Crippen LogP contribution in [0.3, 0.4) is 0 Å². The largest absolute Gasteiger partial charge is 0.515 e. The molecule has 0 aliphatic heterocycles. The van der Waals surface area contributed by atoms with E-state index in [1.165, 1.54) is 0 Å². The first-order chi connectivity index (χ1) is 6.13. The minimum atomic E-state index is -0.824. The first-order valence-electron chi connectivity index (χ1n) is 3.44. The van der Waals surface area contributed by atoms with Crippen molar-refractivity contribution >= 4 is 5.78 Å². The van der Waals surface area contributed by atoms with Gasteiger partial charge in [-0.05, 0) is 12.1 Å². The minimum Gasteiger partial charge on any atom is -0.515 e. The van der Waals surface area contributed by atoms with Crippen LogP contribution in [0.5, 0.6) is 0 Å².